The first kappa shape index (κ1) is 12.2. The second-order valence-corrected chi connectivity index (χ2v) is 5.90. The molecule has 0 bridgehead atoms. The summed E-state index contributed by atoms with van der Waals surface area (Å²) in [4.78, 5) is 10.9. The van der Waals surface area contributed by atoms with Crippen molar-refractivity contribution in [2.75, 3.05) is 18.0 Å². The Labute approximate surface area is 114 Å². The van der Waals surface area contributed by atoms with Crippen molar-refractivity contribution in [3.05, 3.63) is 54.5 Å². The van der Waals surface area contributed by atoms with Crippen LogP contribution in [-0.2, 0) is 0 Å². The van der Waals surface area contributed by atoms with E-state index in [4.69, 9.17) is 0 Å². The molecule has 0 radical (unpaired) electrons. The highest BCUT2D eigenvalue weighted by molar-refractivity contribution is 5.41. The average Bonchev–Trinajstić information content (AvgIpc) is 2.77. The Morgan fingerprint density at radius 2 is 1.95 bits per heavy atom. The van der Waals surface area contributed by atoms with Gasteiger partial charge in [-0.1, -0.05) is 44.2 Å². The topological polar surface area (TPSA) is 29.0 Å². The minimum Gasteiger partial charge on any atom is -0.354 e. The number of rotatable bonds is 2. The Hall–Kier alpha value is -1.90. The molecule has 1 aromatic carbocycles. The molecule has 1 aliphatic heterocycles. The molecular weight excluding hydrogens is 234 g/mol. The zero-order chi connectivity index (χ0) is 13.3. The van der Waals surface area contributed by atoms with Gasteiger partial charge in [0.15, 0.2) is 0 Å². The largest absolute Gasteiger partial charge is 0.354 e. The number of nitrogens with zero attached hydrogens (tertiary/aromatic N) is 3. The van der Waals surface area contributed by atoms with Crippen LogP contribution in [0.15, 0.2) is 48.9 Å². The Morgan fingerprint density at radius 3 is 2.63 bits per heavy atom. The molecule has 1 saturated heterocycles. The van der Waals surface area contributed by atoms with E-state index in [2.05, 4.69) is 59.0 Å². The fourth-order valence-corrected chi connectivity index (χ4v) is 3.01. The molecule has 1 aliphatic rings. The molecule has 0 saturated carbocycles. The minimum atomic E-state index is 0.249. The molecule has 3 heteroatoms. The maximum Gasteiger partial charge on any atom is 0.147 e. The summed E-state index contributed by atoms with van der Waals surface area (Å²) >= 11 is 0. The van der Waals surface area contributed by atoms with Crippen LogP contribution >= 0.6 is 0 Å². The van der Waals surface area contributed by atoms with Crippen LogP contribution in [0, 0.1) is 5.41 Å². The van der Waals surface area contributed by atoms with Gasteiger partial charge in [0.25, 0.3) is 0 Å². The summed E-state index contributed by atoms with van der Waals surface area (Å²) in [5.41, 5.74) is 1.66. The maximum absolute atomic E-state index is 4.42. The van der Waals surface area contributed by atoms with Crippen LogP contribution in [0.25, 0.3) is 0 Å². The highest BCUT2D eigenvalue weighted by Gasteiger charge is 2.40. The third-order valence-corrected chi connectivity index (χ3v) is 4.02. The van der Waals surface area contributed by atoms with E-state index in [1.807, 2.05) is 6.20 Å². The van der Waals surface area contributed by atoms with Gasteiger partial charge in [0.1, 0.15) is 5.82 Å². The SMILES string of the molecule is CC1(C)CN(c2cnccn2)CC1c1ccccc1. The zero-order valence-corrected chi connectivity index (χ0v) is 11.5. The molecule has 1 atom stereocenters. The molecule has 0 aliphatic carbocycles. The van der Waals surface area contributed by atoms with Crippen LogP contribution in [-0.4, -0.2) is 23.1 Å². The maximum atomic E-state index is 4.42. The Balaban J connectivity index is 1.88. The zero-order valence-electron chi connectivity index (χ0n) is 11.5. The summed E-state index contributed by atoms with van der Waals surface area (Å²) in [6.45, 7) is 6.70. The summed E-state index contributed by atoms with van der Waals surface area (Å²) in [5, 5.41) is 0. The lowest BCUT2D eigenvalue weighted by Gasteiger charge is -2.25. The van der Waals surface area contributed by atoms with Gasteiger partial charge in [0.05, 0.1) is 6.20 Å². The van der Waals surface area contributed by atoms with Gasteiger partial charge in [-0.3, -0.25) is 4.98 Å². The summed E-state index contributed by atoms with van der Waals surface area (Å²) in [6, 6.07) is 10.8. The smallest absolute Gasteiger partial charge is 0.147 e. The van der Waals surface area contributed by atoms with Crippen molar-refractivity contribution in [3.8, 4) is 0 Å². The first-order chi connectivity index (χ1) is 9.17. The normalized spacial score (nSPS) is 21.6. The standard InChI is InChI=1S/C16H19N3/c1-16(2)12-19(15-10-17-8-9-18-15)11-14(16)13-6-4-3-5-7-13/h3-10,14H,11-12H2,1-2H3. The van der Waals surface area contributed by atoms with Crippen LogP contribution in [0.2, 0.25) is 0 Å². The number of anilines is 1. The van der Waals surface area contributed by atoms with Crippen molar-refractivity contribution >= 4 is 5.82 Å². The molecule has 19 heavy (non-hydrogen) atoms. The molecule has 1 fully saturated rings. The lowest BCUT2D eigenvalue weighted by Crippen LogP contribution is -2.23. The van der Waals surface area contributed by atoms with E-state index in [0.717, 1.165) is 18.9 Å². The Bertz CT molecular complexity index is 536. The predicted octanol–water partition coefficient (Wildman–Crippen LogP) is 3.11. The first-order valence-corrected chi connectivity index (χ1v) is 6.73. The third-order valence-electron chi connectivity index (χ3n) is 4.02. The predicted molar refractivity (Wildman–Crippen MR) is 77.2 cm³/mol. The van der Waals surface area contributed by atoms with E-state index in [1.54, 1.807) is 12.4 Å². The molecule has 98 valence electrons. The third kappa shape index (κ3) is 2.33. The van der Waals surface area contributed by atoms with Crippen molar-refractivity contribution in [1.29, 1.82) is 0 Å². The van der Waals surface area contributed by atoms with Gasteiger partial charge in [-0.25, -0.2) is 4.98 Å². The van der Waals surface area contributed by atoms with Gasteiger partial charge >= 0.3 is 0 Å². The summed E-state index contributed by atoms with van der Waals surface area (Å²) in [6.07, 6.45) is 5.33. The fraction of sp³-hybridized carbons (Fsp3) is 0.375. The molecule has 2 heterocycles. The molecule has 3 rings (SSSR count). The summed E-state index contributed by atoms with van der Waals surface area (Å²) in [7, 11) is 0. The highest BCUT2D eigenvalue weighted by atomic mass is 15.2. The van der Waals surface area contributed by atoms with Gasteiger partial charge in [0.2, 0.25) is 0 Å². The average molecular weight is 253 g/mol. The number of aromatic nitrogens is 2. The van der Waals surface area contributed by atoms with Crippen LogP contribution in [0.5, 0.6) is 0 Å². The van der Waals surface area contributed by atoms with Crippen molar-refractivity contribution in [2.24, 2.45) is 5.41 Å². The Kier molecular flexibility index (Phi) is 2.97. The van der Waals surface area contributed by atoms with Crippen molar-refractivity contribution in [3.63, 3.8) is 0 Å². The van der Waals surface area contributed by atoms with Gasteiger partial charge < -0.3 is 4.90 Å². The van der Waals surface area contributed by atoms with Gasteiger partial charge in [-0.05, 0) is 11.0 Å². The fourth-order valence-electron chi connectivity index (χ4n) is 3.01. The molecule has 0 amide bonds. The molecular formula is C16H19N3. The molecule has 1 aromatic heterocycles. The molecule has 2 aromatic rings. The molecule has 0 spiro atoms. The van der Waals surface area contributed by atoms with Gasteiger partial charge in [-0.15, -0.1) is 0 Å². The van der Waals surface area contributed by atoms with E-state index in [0.29, 0.717) is 5.92 Å². The van der Waals surface area contributed by atoms with Gasteiger partial charge in [-0.2, -0.15) is 0 Å². The van der Waals surface area contributed by atoms with Crippen molar-refractivity contribution < 1.29 is 0 Å². The van der Waals surface area contributed by atoms with Crippen LogP contribution in [0.3, 0.4) is 0 Å². The van der Waals surface area contributed by atoms with Crippen LogP contribution < -0.4 is 4.90 Å². The molecule has 1 unspecified atom stereocenters. The number of benzene rings is 1. The minimum absolute atomic E-state index is 0.249. The summed E-state index contributed by atoms with van der Waals surface area (Å²) < 4.78 is 0. The van der Waals surface area contributed by atoms with Gasteiger partial charge in [0, 0.05) is 31.4 Å². The van der Waals surface area contributed by atoms with Crippen LogP contribution in [0.1, 0.15) is 25.3 Å². The van der Waals surface area contributed by atoms with E-state index in [1.165, 1.54) is 5.56 Å². The van der Waals surface area contributed by atoms with Crippen molar-refractivity contribution in [1.82, 2.24) is 9.97 Å². The first-order valence-electron chi connectivity index (χ1n) is 6.73. The second kappa shape index (κ2) is 4.65. The lowest BCUT2D eigenvalue weighted by molar-refractivity contribution is 0.365. The monoisotopic (exact) mass is 253 g/mol. The molecule has 0 N–H and O–H groups in total. The quantitative estimate of drug-likeness (QED) is 0.823. The number of hydrogen-bond donors (Lipinski definition) is 0. The Morgan fingerprint density at radius 1 is 1.16 bits per heavy atom. The lowest BCUT2D eigenvalue weighted by atomic mass is 9.78. The van der Waals surface area contributed by atoms with Crippen LogP contribution in [0.4, 0.5) is 5.82 Å². The second-order valence-electron chi connectivity index (χ2n) is 5.90. The summed E-state index contributed by atoms with van der Waals surface area (Å²) in [5.74, 6) is 1.52. The van der Waals surface area contributed by atoms with E-state index < -0.39 is 0 Å². The van der Waals surface area contributed by atoms with E-state index >= 15 is 0 Å². The molecule has 3 nitrogen and oxygen atoms in total. The number of hydrogen-bond acceptors (Lipinski definition) is 3. The van der Waals surface area contributed by atoms with E-state index in [-0.39, 0.29) is 5.41 Å². The van der Waals surface area contributed by atoms with Crippen molar-refractivity contribution in [2.45, 2.75) is 19.8 Å². The highest BCUT2D eigenvalue weighted by Crippen LogP contribution is 2.43. The van der Waals surface area contributed by atoms with E-state index in [9.17, 15) is 0 Å².